The van der Waals surface area contributed by atoms with Gasteiger partial charge in [-0.3, -0.25) is 0 Å². The average molecular weight is 510 g/mol. The van der Waals surface area contributed by atoms with E-state index in [2.05, 4.69) is 49.9 Å². The van der Waals surface area contributed by atoms with Gasteiger partial charge in [0.25, 0.3) is 0 Å². The Hall–Kier alpha value is -0.800. The van der Waals surface area contributed by atoms with Gasteiger partial charge in [-0.15, -0.1) is 35.3 Å². The lowest BCUT2D eigenvalue weighted by atomic mass is 10.2. The molecule has 2 aromatic rings. The van der Waals surface area contributed by atoms with Gasteiger partial charge in [0.1, 0.15) is 5.75 Å². The van der Waals surface area contributed by atoms with Crippen molar-refractivity contribution in [3.05, 3.63) is 50.6 Å². The molecule has 0 fully saturated rings. The number of ether oxygens (including phenoxy) is 1. The van der Waals surface area contributed by atoms with E-state index in [-0.39, 0.29) is 24.0 Å². The Labute approximate surface area is 166 Å². The second-order valence-corrected chi connectivity index (χ2v) is 6.50. The highest BCUT2D eigenvalue weighted by molar-refractivity contribution is 14.0. The number of aliphatic imine (C=N–C) groups is 1. The highest BCUT2D eigenvalue weighted by atomic mass is 127. The summed E-state index contributed by atoms with van der Waals surface area (Å²) in [5.74, 6) is 1.67. The van der Waals surface area contributed by atoms with E-state index in [0.29, 0.717) is 6.54 Å². The first-order valence-corrected chi connectivity index (χ1v) is 8.77. The lowest BCUT2D eigenvalue weighted by Gasteiger charge is -2.11. The van der Waals surface area contributed by atoms with Crippen molar-refractivity contribution in [2.75, 3.05) is 13.7 Å². The molecule has 0 aliphatic heterocycles. The van der Waals surface area contributed by atoms with E-state index < -0.39 is 0 Å². The third-order valence-corrected chi connectivity index (χ3v) is 4.69. The molecule has 23 heavy (non-hydrogen) atoms. The number of guanidine groups is 1. The predicted octanol–water partition coefficient (Wildman–Crippen LogP) is 4.39. The van der Waals surface area contributed by atoms with Gasteiger partial charge in [-0.1, -0.05) is 18.2 Å². The van der Waals surface area contributed by atoms with Crippen LogP contribution in [0.25, 0.3) is 0 Å². The van der Waals surface area contributed by atoms with Crippen molar-refractivity contribution in [3.63, 3.8) is 0 Å². The van der Waals surface area contributed by atoms with Gasteiger partial charge in [0.2, 0.25) is 0 Å². The van der Waals surface area contributed by atoms with Gasteiger partial charge in [-0.25, -0.2) is 4.99 Å². The number of hydrogen-bond acceptors (Lipinski definition) is 3. The van der Waals surface area contributed by atoms with E-state index in [0.717, 1.165) is 34.8 Å². The van der Waals surface area contributed by atoms with Gasteiger partial charge < -0.3 is 15.4 Å². The van der Waals surface area contributed by atoms with Crippen LogP contribution >= 0.6 is 51.2 Å². The van der Waals surface area contributed by atoms with E-state index in [1.807, 2.05) is 24.3 Å². The number of nitrogens with zero attached hydrogens (tertiary/aromatic N) is 1. The van der Waals surface area contributed by atoms with Crippen LogP contribution in [-0.2, 0) is 13.1 Å². The summed E-state index contributed by atoms with van der Waals surface area (Å²) in [4.78, 5) is 5.88. The van der Waals surface area contributed by atoms with Crippen molar-refractivity contribution in [1.82, 2.24) is 10.6 Å². The van der Waals surface area contributed by atoms with Crippen molar-refractivity contribution < 1.29 is 4.74 Å². The minimum absolute atomic E-state index is 0. The van der Waals surface area contributed by atoms with E-state index in [1.54, 1.807) is 18.4 Å². The maximum Gasteiger partial charge on any atom is 0.191 e. The Balaban J connectivity index is 0.00000264. The molecule has 2 N–H and O–H groups in total. The number of hydrogen-bond donors (Lipinski definition) is 2. The van der Waals surface area contributed by atoms with Crippen LogP contribution in [0.5, 0.6) is 5.75 Å². The molecule has 0 aliphatic carbocycles. The minimum atomic E-state index is 0. The van der Waals surface area contributed by atoms with Crippen LogP contribution in [-0.4, -0.2) is 19.6 Å². The first-order chi connectivity index (χ1) is 10.7. The summed E-state index contributed by atoms with van der Waals surface area (Å²) in [6.45, 7) is 4.22. The van der Waals surface area contributed by atoms with Crippen LogP contribution in [0.15, 0.2) is 45.2 Å². The second kappa shape index (κ2) is 10.9. The highest BCUT2D eigenvalue weighted by Gasteiger charge is 2.03. The number of thiophene rings is 1. The highest BCUT2D eigenvalue weighted by Crippen LogP contribution is 2.19. The van der Waals surface area contributed by atoms with Crippen molar-refractivity contribution in [2.45, 2.75) is 20.0 Å². The molecule has 0 bridgehead atoms. The maximum atomic E-state index is 5.36. The predicted molar refractivity (Wildman–Crippen MR) is 112 cm³/mol. The topological polar surface area (TPSA) is 45.7 Å². The first-order valence-electron chi connectivity index (χ1n) is 7.10. The molecule has 7 heteroatoms. The van der Waals surface area contributed by atoms with Crippen molar-refractivity contribution >= 4 is 57.2 Å². The van der Waals surface area contributed by atoms with Crippen LogP contribution < -0.4 is 15.4 Å². The van der Waals surface area contributed by atoms with Crippen LogP contribution in [0.2, 0.25) is 0 Å². The molecule has 0 amide bonds. The summed E-state index contributed by atoms with van der Waals surface area (Å²) in [6.07, 6.45) is 0. The SMILES string of the molecule is CCNC(=NCc1ccccc1OC)NCc1cc(Br)cs1.I. The van der Waals surface area contributed by atoms with Crippen LogP contribution in [0.1, 0.15) is 17.4 Å². The number of halogens is 2. The molecule has 1 aromatic heterocycles. The molecule has 4 nitrogen and oxygen atoms in total. The summed E-state index contributed by atoms with van der Waals surface area (Å²) >= 11 is 5.19. The standard InChI is InChI=1S/C16H20BrN3OS.HI/c1-3-18-16(20-10-14-8-13(17)11-22-14)19-9-12-6-4-5-7-15(12)21-2;/h4-8,11H,3,9-10H2,1-2H3,(H2,18,19,20);1H. The molecule has 0 aliphatic rings. The molecule has 1 heterocycles. The minimum Gasteiger partial charge on any atom is -0.496 e. The lowest BCUT2D eigenvalue weighted by Crippen LogP contribution is -2.36. The number of para-hydroxylation sites is 1. The summed E-state index contributed by atoms with van der Waals surface area (Å²) in [6, 6.07) is 10.1. The van der Waals surface area contributed by atoms with Crippen molar-refractivity contribution in [2.24, 2.45) is 4.99 Å². The van der Waals surface area contributed by atoms with Crippen LogP contribution in [0.3, 0.4) is 0 Å². The maximum absolute atomic E-state index is 5.36. The summed E-state index contributed by atoms with van der Waals surface area (Å²) in [5, 5.41) is 8.68. The quantitative estimate of drug-likeness (QED) is 0.345. The molecular weight excluding hydrogens is 489 g/mol. The Morgan fingerprint density at radius 1 is 1.30 bits per heavy atom. The lowest BCUT2D eigenvalue weighted by molar-refractivity contribution is 0.410. The molecule has 0 saturated carbocycles. The second-order valence-electron chi connectivity index (χ2n) is 4.59. The zero-order valence-corrected chi connectivity index (χ0v) is 17.9. The average Bonchev–Trinajstić information content (AvgIpc) is 2.96. The number of methoxy groups -OCH3 is 1. The zero-order chi connectivity index (χ0) is 15.8. The molecule has 126 valence electrons. The van der Waals surface area contributed by atoms with Gasteiger partial charge in [0.05, 0.1) is 20.2 Å². The third kappa shape index (κ3) is 6.68. The fraction of sp³-hybridized carbons (Fsp3) is 0.312. The molecule has 0 radical (unpaired) electrons. The Morgan fingerprint density at radius 2 is 2.09 bits per heavy atom. The zero-order valence-electron chi connectivity index (χ0n) is 13.1. The molecular formula is C16H21BrIN3OS. The first kappa shape index (κ1) is 20.2. The molecule has 0 unspecified atom stereocenters. The summed E-state index contributed by atoms with van der Waals surface area (Å²) < 4.78 is 6.47. The largest absolute Gasteiger partial charge is 0.496 e. The molecule has 0 atom stereocenters. The van der Waals surface area contributed by atoms with Crippen LogP contribution in [0.4, 0.5) is 0 Å². The third-order valence-electron chi connectivity index (χ3n) is 3.00. The summed E-state index contributed by atoms with van der Waals surface area (Å²) in [5.41, 5.74) is 1.07. The smallest absolute Gasteiger partial charge is 0.191 e. The molecule has 1 aromatic carbocycles. The fourth-order valence-corrected chi connectivity index (χ4v) is 3.35. The Morgan fingerprint density at radius 3 is 2.74 bits per heavy atom. The normalized spacial score (nSPS) is 10.8. The van der Waals surface area contributed by atoms with Crippen molar-refractivity contribution in [1.29, 1.82) is 0 Å². The van der Waals surface area contributed by atoms with Gasteiger partial charge in [-0.05, 0) is 35.0 Å². The van der Waals surface area contributed by atoms with E-state index in [1.165, 1.54) is 4.88 Å². The van der Waals surface area contributed by atoms with Gasteiger partial charge in [0.15, 0.2) is 5.96 Å². The summed E-state index contributed by atoms with van der Waals surface area (Å²) in [7, 11) is 1.68. The Bertz CT molecular complexity index is 633. The van der Waals surface area contributed by atoms with Crippen LogP contribution in [0, 0.1) is 0 Å². The van der Waals surface area contributed by atoms with Gasteiger partial charge in [0, 0.05) is 26.8 Å². The number of nitrogens with one attached hydrogen (secondary N) is 2. The van der Waals surface area contributed by atoms with Gasteiger partial charge in [-0.2, -0.15) is 0 Å². The molecule has 0 saturated heterocycles. The fourth-order valence-electron chi connectivity index (χ4n) is 1.96. The van der Waals surface area contributed by atoms with Crippen molar-refractivity contribution in [3.8, 4) is 5.75 Å². The molecule has 0 spiro atoms. The van der Waals surface area contributed by atoms with Gasteiger partial charge >= 0.3 is 0 Å². The van der Waals surface area contributed by atoms with E-state index in [9.17, 15) is 0 Å². The van der Waals surface area contributed by atoms with E-state index >= 15 is 0 Å². The van der Waals surface area contributed by atoms with E-state index in [4.69, 9.17) is 4.74 Å². The number of benzene rings is 1. The number of rotatable bonds is 6. The monoisotopic (exact) mass is 509 g/mol. The Kier molecular flexibility index (Phi) is 9.57. The molecule has 2 rings (SSSR count).